The molecule has 0 aliphatic heterocycles. The number of nitrogens with zero attached hydrogens (tertiary/aromatic N) is 2. The Morgan fingerprint density at radius 2 is 1.84 bits per heavy atom. The minimum atomic E-state index is -0.740. The molecule has 0 aliphatic rings. The first kappa shape index (κ1) is 21.3. The quantitative estimate of drug-likeness (QED) is 0.420. The van der Waals surface area contributed by atoms with Crippen molar-refractivity contribution in [3.63, 3.8) is 0 Å². The van der Waals surface area contributed by atoms with Crippen molar-refractivity contribution in [1.82, 2.24) is 9.55 Å². The van der Waals surface area contributed by atoms with E-state index >= 15 is 0 Å². The Hall–Kier alpha value is -2.96. The molecule has 5 nitrogen and oxygen atoms in total. The van der Waals surface area contributed by atoms with Gasteiger partial charge in [0.1, 0.15) is 10.9 Å². The number of hydrogen-bond donors (Lipinski definition) is 1. The van der Waals surface area contributed by atoms with Gasteiger partial charge >= 0.3 is 0 Å². The highest BCUT2D eigenvalue weighted by molar-refractivity contribution is 7.19. The number of aryl methyl sites for hydroxylation is 3. The Kier molecular flexibility index (Phi) is 5.69. The summed E-state index contributed by atoms with van der Waals surface area (Å²) in [5, 5.41) is 3.95. The van der Waals surface area contributed by atoms with Crippen molar-refractivity contribution in [3.05, 3.63) is 80.2 Å². The SMILES string of the molecule is Cc1ccc(-c2c(C)sc3ncn(C(C)C(=O)Nc4ccc(C)c(Cl)c4)c(=O)c23)cc1. The number of rotatable bonds is 4. The molecule has 2 aromatic carbocycles. The smallest absolute Gasteiger partial charge is 0.263 e. The first-order valence-electron chi connectivity index (χ1n) is 9.90. The second-order valence-electron chi connectivity index (χ2n) is 7.67. The molecule has 1 N–H and O–H groups in total. The number of aromatic nitrogens is 2. The van der Waals surface area contributed by atoms with E-state index in [0.717, 1.165) is 27.1 Å². The zero-order valence-corrected chi connectivity index (χ0v) is 19.3. The van der Waals surface area contributed by atoms with Crippen molar-refractivity contribution in [2.75, 3.05) is 5.32 Å². The average molecular weight is 452 g/mol. The molecule has 2 aromatic heterocycles. The third-order valence-electron chi connectivity index (χ3n) is 5.39. The van der Waals surface area contributed by atoms with Gasteiger partial charge in [0.05, 0.1) is 11.7 Å². The number of carbonyl (C=O) groups excluding carboxylic acids is 1. The standard InChI is InChI=1S/C24H22ClN3O2S/c1-13-5-8-17(9-6-13)20-16(4)31-23-21(20)24(30)28(12-26-23)15(3)22(29)27-18-10-7-14(2)19(25)11-18/h5-12,15H,1-4H3,(H,27,29). The second kappa shape index (κ2) is 8.29. The van der Waals surface area contributed by atoms with Crippen LogP contribution < -0.4 is 10.9 Å². The lowest BCUT2D eigenvalue weighted by molar-refractivity contribution is -0.118. The number of carbonyl (C=O) groups is 1. The normalized spacial score (nSPS) is 12.2. The maximum absolute atomic E-state index is 13.4. The highest BCUT2D eigenvalue weighted by Gasteiger charge is 2.22. The molecule has 4 aromatic rings. The highest BCUT2D eigenvalue weighted by Crippen LogP contribution is 2.35. The lowest BCUT2D eigenvalue weighted by atomic mass is 10.0. The molecule has 0 fully saturated rings. The molecule has 7 heteroatoms. The molecule has 1 atom stereocenters. The minimum Gasteiger partial charge on any atom is -0.324 e. The molecule has 1 amide bonds. The number of fused-ring (bicyclic) bond motifs is 1. The lowest BCUT2D eigenvalue weighted by Gasteiger charge is -2.15. The molecular weight excluding hydrogens is 430 g/mol. The van der Waals surface area contributed by atoms with Gasteiger partial charge in [0.15, 0.2) is 0 Å². The summed E-state index contributed by atoms with van der Waals surface area (Å²) in [5.74, 6) is -0.313. The van der Waals surface area contributed by atoms with Crippen LogP contribution in [0.3, 0.4) is 0 Å². The van der Waals surface area contributed by atoms with E-state index in [0.29, 0.717) is 20.9 Å². The Labute approximate surface area is 189 Å². The average Bonchev–Trinajstić information content (AvgIpc) is 3.08. The molecule has 0 aliphatic carbocycles. The minimum absolute atomic E-state index is 0.227. The van der Waals surface area contributed by atoms with Crippen LogP contribution in [0.2, 0.25) is 5.02 Å². The van der Waals surface area contributed by atoms with E-state index in [1.165, 1.54) is 22.2 Å². The van der Waals surface area contributed by atoms with Crippen LogP contribution in [0.1, 0.15) is 29.0 Å². The van der Waals surface area contributed by atoms with E-state index < -0.39 is 6.04 Å². The molecule has 0 bridgehead atoms. The monoisotopic (exact) mass is 451 g/mol. The second-order valence-corrected chi connectivity index (χ2v) is 9.28. The van der Waals surface area contributed by atoms with Crippen LogP contribution in [0.15, 0.2) is 53.6 Å². The van der Waals surface area contributed by atoms with Gasteiger partial charge in [-0.15, -0.1) is 11.3 Å². The summed E-state index contributed by atoms with van der Waals surface area (Å²) in [4.78, 5) is 32.5. The fourth-order valence-electron chi connectivity index (χ4n) is 3.50. The zero-order chi connectivity index (χ0) is 22.3. The fourth-order valence-corrected chi connectivity index (χ4v) is 4.69. The number of nitrogens with one attached hydrogen (secondary N) is 1. The Bertz CT molecular complexity index is 1360. The third kappa shape index (κ3) is 4.01. The van der Waals surface area contributed by atoms with E-state index in [2.05, 4.69) is 10.3 Å². The Balaban J connectivity index is 1.74. The van der Waals surface area contributed by atoms with E-state index in [4.69, 9.17) is 11.6 Å². The van der Waals surface area contributed by atoms with Gasteiger partial charge in [-0.2, -0.15) is 0 Å². The van der Waals surface area contributed by atoms with Crippen molar-refractivity contribution < 1.29 is 4.79 Å². The largest absolute Gasteiger partial charge is 0.324 e. The first-order chi connectivity index (χ1) is 14.8. The Morgan fingerprint density at radius 3 is 2.52 bits per heavy atom. The summed E-state index contributed by atoms with van der Waals surface area (Å²) in [6.45, 7) is 7.59. The molecule has 0 saturated heterocycles. The van der Waals surface area contributed by atoms with Gasteiger partial charge < -0.3 is 5.32 Å². The number of thiophene rings is 1. The molecule has 1 unspecified atom stereocenters. The maximum atomic E-state index is 13.4. The van der Waals surface area contributed by atoms with Crippen molar-refractivity contribution in [3.8, 4) is 11.1 Å². The predicted molar refractivity (Wildman–Crippen MR) is 128 cm³/mol. The van der Waals surface area contributed by atoms with Gasteiger partial charge in [0.2, 0.25) is 5.91 Å². The molecule has 0 spiro atoms. The summed E-state index contributed by atoms with van der Waals surface area (Å²) < 4.78 is 1.39. The van der Waals surface area contributed by atoms with E-state index in [-0.39, 0.29) is 11.5 Å². The molecule has 4 rings (SSSR count). The summed E-state index contributed by atoms with van der Waals surface area (Å²) in [6, 6.07) is 12.7. The first-order valence-corrected chi connectivity index (χ1v) is 11.1. The van der Waals surface area contributed by atoms with Crippen LogP contribution in [0.5, 0.6) is 0 Å². The van der Waals surface area contributed by atoms with Crippen LogP contribution >= 0.6 is 22.9 Å². The number of anilines is 1. The zero-order valence-electron chi connectivity index (χ0n) is 17.7. The number of halogens is 1. The van der Waals surface area contributed by atoms with E-state index in [1.807, 2.05) is 51.1 Å². The lowest BCUT2D eigenvalue weighted by Crippen LogP contribution is -2.31. The van der Waals surface area contributed by atoms with Crippen molar-refractivity contribution in [2.45, 2.75) is 33.7 Å². The van der Waals surface area contributed by atoms with Crippen molar-refractivity contribution in [1.29, 1.82) is 0 Å². The third-order valence-corrected chi connectivity index (χ3v) is 6.81. The molecule has 31 heavy (non-hydrogen) atoms. The van der Waals surface area contributed by atoms with Crippen LogP contribution in [0.4, 0.5) is 5.69 Å². The van der Waals surface area contributed by atoms with Crippen LogP contribution in [0.25, 0.3) is 21.3 Å². The van der Waals surface area contributed by atoms with Gasteiger partial charge in [0, 0.05) is 21.2 Å². The van der Waals surface area contributed by atoms with Gasteiger partial charge in [-0.3, -0.25) is 14.2 Å². The van der Waals surface area contributed by atoms with Crippen LogP contribution in [0, 0.1) is 20.8 Å². The van der Waals surface area contributed by atoms with Gasteiger partial charge in [-0.25, -0.2) is 4.98 Å². The molecular formula is C24H22ClN3O2S. The summed E-state index contributed by atoms with van der Waals surface area (Å²) in [6.07, 6.45) is 1.45. The summed E-state index contributed by atoms with van der Waals surface area (Å²) >= 11 is 7.64. The van der Waals surface area contributed by atoms with Gasteiger partial charge in [-0.05, 0) is 51.0 Å². The van der Waals surface area contributed by atoms with Crippen molar-refractivity contribution >= 4 is 44.7 Å². The molecule has 0 saturated carbocycles. The summed E-state index contributed by atoms with van der Waals surface area (Å²) in [5.41, 5.74) is 4.28. The maximum Gasteiger partial charge on any atom is 0.263 e. The van der Waals surface area contributed by atoms with E-state index in [9.17, 15) is 9.59 Å². The Morgan fingerprint density at radius 1 is 1.13 bits per heavy atom. The molecule has 158 valence electrons. The molecule has 2 heterocycles. The fraction of sp³-hybridized carbons (Fsp3) is 0.208. The van der Waals surface area contributed by atoms with Gasteiger partial charge in [0.25, 0.3) is 5.56 Å². The van der Waals surface area contributed by atoms with E-state index in [1.54, 1.807) is 19.1 Å². The molecule has 0 radical (unpaired) electrons. The van der Waals surface area contributed by atoms with Crippen LogP contribution in [-0.2, 0) is 4.79 Å². The number of amides is 1. The predicted octanol–water partition coefficient (Wildman–Crippen LogP) is 5.90. The number of hydrogen-bond acceptors (Lipinski definition) is 4. The van der Waals surface area contributed by atoms with Gasteiger partial charge in [-0.1, -0.05) is 47.5 Å². The highest BCUT2D eigenvalue weighted by atomic mass is 35.5. The van der Waals surface area contributed by atoms with Crippen molar-refractivity contribution in [2.24, 2.45) is 0 Å². The van der Waals surface area contributed by atoms with Crippen LogP contribution in [-0.4, -0.2) is 15.5 Å². The number of benzene rings is 2. The summed E-state index contributed by atoms with van der Waals surface area (Å²) in [7, 11) is 0. The topological polar surface area (TPSA) is 64.0 Å².